The maximum Gasteiger partial charge on any atom is 0.233 e. The zero-order chi connectivity index (χ0) is 13.2. The van der Waals surface area contributed by atoms with E-state index in [1.54, 1.807) is 0 Å². The van der Waals surface area contributed by atoms with Crippen LogP contribution in [0.25, 0.3) is 0 Å². The number of rotatable bonds is 9. The SMILES string of the molecule is CC(C)OCCCCNC(=O)CNC1CCCC1. The molecule has 1 saturated carbocycles. The van der Waals surface area contributed by atoms with Gasteiger partial charge in [0, 0.05) is 19.2 Å². The molecular weight excluding hydrogens is 228 g/mol. The van der Waals surface area contributed by atoms with Crippen LogP contribution < -0.4 is 10.6 Å². The minimum atomic E-state index is 0.117. The third-order valence-electron chi connectivity index (χ3n) is 3.25. The Morgan fingerprint density at radius 1 is 1.28 bits per heavy atom. The third kappa shape index (κ3) is 7.67. The van der Waals surface area contributed by atoms with Crippen molar-refractivity contribution in [3.05, 3.63) is 0 Å². The van der Waals surface area contributed by atoms with Crippen molar-refractivity contribution >= 4 is 5.91 Å². The van der Waals surface area contributed by atoms with E-state index in [1.165, 1.54) is 25.7 Å². The fourth-order valence-corrected chi connectivity index (χ4v) is 2.20. The lowest BCUT2D eigenvalue weighted by atomic mass is 10.2. The van der Waals surface area contributed by atoms with Crippen LogP contribution in [0.3, 0.4) is 0 Å². The largest absolute Gasteiger partial charge is 0.379 e. The number of nitrogens with one attached hydrogen (secondary N) is 2. The number of carbonyl (C=O) groups is 1. The van der Waals surface area contributed by atoms with Gasteiger partial charge in [-0.3, -0.25) is 4.79 Å². The van der Waals surface area contributed by atoms with Crippen molar-refractivity contribution in [2.45, 2.75) is 64.5 Å². The summed E-state index contributed by atoms with van der Waals surface area (Å²) in [6.45, 7) is 6.08. The first-order chi connectivity index (χ1) is 8.68. The summed E-state index contributed by atoms with van der Waals surface area (Å²) in [7, 11) is 0. The molecule has 1 amide bonds. The van der Waals surface area contributed by atoms with E-state index in [-0.39, 0.29) is 5.91 Å². The first-order valence-electron chi connectivity index (χ1n) is 7.30. The van der Waals surface area contributed by atoms with Gasteiger partial charge in [-0.25, -0.2) is 0 Å². The molecule has 0 heterocycles. The van der Waals surface area contributed by atoms with Gasteiger partial charge in [0.2, 0.25) is 5.91 Å². The van der Waals surface area contributed by atoms with Gasteiger partial charge in [0.25, 0.3) is 0 Å². The Hall–Kier alpha value is -0.610. The molecule has 0 radical (unpaired) electrons. The number of unbranched alkanes of at least 4 members (excludes halogenated alkanes) is 1. The topological polar surface area (TPSA) is 50.4 Å². The van der Waals surface area contributed by atoms with Crippen molar-refractivity contribution in [2.75, 3.05) is 19.7 Å². The molecule has 0 aromatic heterocycles. The summed E-state index contributed by atoms with van der Waals surface area (Å²) in [6.07, 6.45) is 7.34. The summed E-state index contributed by atoms with van der Waals surface area (Å²) in [5.74, 6) is 0.117. The predicted octanol–water partition coefficient (Wildman–Crippen LogP) is 1.84. The van der Waals surface area contributed by atoms with Gasteiger partial charge in [-0.1, -0.05) is 12.8 Å². The Morgan fingerprint density at radius 3 is 2.67 bits per heavy atom. The van der Waals surface area contributed by atoms with Gasteiger partial charge < -0.3 is 15.4 Å². The second-order valence-corrected chi connectivity index (χ2v) is 5.34. The molecule has 106 valence electrons. The number of amides is 1. The van der Waals surface area contributed by atoms with Gasteiger partial charge in [-0.15, -0.1) is 0 Å². The standard InChI is InChI=1S/C14H28N2O2/c1-12(2)18-10-6-5-9-15-14(17)11-16-13-7-3-4-8-13/h12-13,16H,3-11H2,1-2H3,(H,15,17). The molecule has 0 bridgehead atoms. The van der Waals surface area contributed by atoms with E-state index in [2.05, 4.69) is 10.6 Å². The van der Waals surface area contributed by atoms with Crippen LogP contribution in [-0.4, -0.2) is 37.7 Å². The van der Waals surface area contributed by atoms with Gasteiger partial charge in [0.05, 0.1) is 12.6 Å². The van der Waals surface area contributed by atoms with Crippen molar-refractivity contribution < 1.29 is 9.53 Å². The smallest absolute Gasteiger partial charge is 0.233 e. The molecule has 1 aliphatic rings. The molecule has 0 aromatic carbocycles. The first kappa shape index (κ1) is 15.4. The molecule has 4 nitrogen and oxygen atoms in total. The molecule has 0 unspecified atom stereocenters. The molecule has 4 heteroatoms. The second-order valence-electron chi connectivity index (χ2n) is 5.34. The van der Waals surface area contributed by atoms with Crippen LogP contribution >= 0.6 is 0 Å². The van der Waals surface area contributed by atoms with E-state index in [9.17, 15) is 4.79 Å². The predicted molar refractivity (Wildman–Crippen MR) is 73.6 cm³/mol. The normalized spacial score (nSPS) is 16.4. The Labute approximate surface area is 111 Å². The number of hydrogen-bond donors (Lipinski definition) is 2. The Balaban J connectivity index is 1.87. The monoisotopic (exact) mass is 256 g/mol. The molecule has 0 spiro atoms. The van der Waals surface area contributed by atoms with E-state index in [4.69, 9.17) is 4.74 Å². The molecule has 1 aliphatic carbocycles. The van der Waals surface area contributed by atoms with Crippen molar-refractivity contribution in [2.24, 2.45) is 0 Å². The van der Waals surface area contributed by atoms with Crippen LogP contribution in [0, 0.1) is 0 Å². The lowest BCUT2D eigenvalue weighted by Gasteiger charge is -2.12. The van der Waals surface area contributed by atoms with Crippen molar-refractivity contribution in [1.29, 1.82) is 0 Å². The van der Waals surface area contributed by atoms with E-state index >= 15 is 0 Å². The molecule has 0 aromatic rings. The van der Waals surface area contributed by atoms with Crippen LogP contribution in [0.4, 0.5) is 0 Å². The Bertz CT molecular complexity index is 226. The summed E-state index contributed by atoms with van der Waals surface area (Å²) in [4.78, 5) is 11.5. The van der Waals surface area contributed by atoms with Crippen molar-refractivity contribution in [3.63, 3.8) is 0 Å². The second kappa shape index (κ2) is 9.34. The lowest BCUT2D eigenvalue weighted by Crippen LogP contribution is -2.38. The summed E-state index contributed by atoms with van der Waals surface area (Å²) in [6, 6.07) is 0.565. The molecular formula is C14H28N2O2. The number of carbonyl (C=O) groups excluding carboxylic acids is 1. The number of hydrogen-bond acceptors (Lipinski definition) is 3. The highest BCUT2D eigenvalue weighted by Crippen LogP contribution is 2.17. The molecule has 1 rings (SSSR count). The maximum absolute atomic E-state index is 11.5. The fraction of sp³-hybridized carbons (Fsp3) is 0.929. The average molecular weight is 256 g/mol. The summed E-state index contributed by atoms with van der Waals surface area (Å²) < 4.78 is 5.44. The van der Waals surface area contributed by atoms with Crippen LogP contribution in [-0.2, 0) is 9.53 Å². The molecule has 0 aliphatic heterocycles. The van der Waals surface area contributed by atoms with Crippen LogP contribution in [0.1, 0.15) is 52.4 Å². The zero-order valence-electron chi connectivity index (χ0n) is 11.8. The summed E-state index contributed by atoms with van der Waals surface area (Å²) in [5, 5.41) is 6.25. The van der Waals surface area contributed by atoms with Crippen LogP contribution in [0.2, 0.25) is 0 Å². The van der Waals surface area contributed by atoms with E-state index < -0.39 is 0 Å². The third-order valence-corrected chi connectivity index (χ3v) is 3.25. The minimum Gasteiger partial charge on any atom is -0.379 e. The van der Waals surface area contributed by atoms with E-state index in [1.807, 2.05) is 13.8 Å². The van der Waals surface area contributed by atoms with E-state index in [0.717, 1.165) is 26.0 Å². The Morgan fingerprint density at radius 2 is 2.00 bits per heavy atom. The van der Waals surface area contributed by atoms with Gasteiger partial charge in [0.1, 0.15) is 0 Å². The molecule has 1 fully saturated rings. The zero-order valence-corrected chi connectivity index (χ0v) is 11.8. The molecule has 0 atom stereocenters. The van der Waals surface area contributed by atoms with Crippen molar-refractivity contribution in [3.8, 4) is 0 Å². The van der Waals surface area contributed by atoms with Crippen molar-refractivity contribution in [1.82, 2.24) is 10.6 Å². The van der Waals surface area contributed by atoms with Crippen LogP contribution in [0.15, 0.2) is 0 Å². The van der Waals surface area contributed by atoms with Gasteiger partial charge in [0.15, 0.2) is 0 Å². The maximum atomic E-state index is 11.5. The Kier molecular flexibility index (Phi) is 8.01. The highest BCUT2D eigenvalue weighted by molar-refractivity contribution is 5.77. The van der Waals surface area contributed by atoms with Gasteiger partial charge in [-0.05, 0) is 39.5 Å². The minimum absolute atomic E-state index is 0.117. The van der Waals surface area contributed by atoms with Gasteiger partial charge >= 0.3 is 0 Å². The van der Waals surface area contributed by atoms with E-state index in [0.29, 0.717) is 18.7 Å². The highest BCUT2D eigenvalue weighted by atomic mass is 16.5. The molecule has 18 heavy (non-hydrogen) atoms. The van der Waals surface area contributed by atoms with Gasteiger partial charge in [-0.2, -0.15) is 0 Å². The quantitative estimate of drug-likeness (QED) is 0.619. The van der Waals surface area contributed by atoms with Crippen LogP contribution in [0.5, 0.6) is 0 Å². The highest BCUT2D eigenvalue weighted by Gasteiger charge is 2.14. The fourth-order valence-electron chi connectivity index (χ4n) is 2.20. The first-order valence-corrected chi connectivity index (χ1v) is 7.30. The molecule has 2 N–H and O–H groups in total. The molecule has 0 saturated heterocycles. The average Bonchev–Trinajstić information content (AvgIpc) is 2.83. The lowest BCUT2D eigenvalue weighted by molar-refractivity contribution is -0.120. The summed E-state index contributed by atoms with van der Waals surface area (Å²) in [5.41, 5.74) is 0. The number of ether oxygens (including phenoxy) is 1. The summed E-state index contributed by atoms with van der Waals surface area (Å²) >= 11 is 0.